The van der Waals surface area contributed by atoms with Crippen molar-refractivity contribution in [2.75, 3.05) is 36.0 Å². The van der Waals surface area contributed by atoms with Gasteiger partial charge in [0.15, 0.2) is 0 Å². The monoisotopic (exact) mass is 309 g/mol. The van der Waals surface area contributed by atoms with E-state index < -0.39 is 0 Å². The quantitative estimate of drug-likeness (QED) is 0.859. The molecule has 3 rings (SSSR count). The summed E-state index contributed by atoms with van der Waals surface area (Å²) < 4.78 is 1.17. The average molecular weight is 310 g/mol. The Morgan fingerprint density at radius 2 is 2.17 bits per heavy atom. The van der Waals surface area contributed by atoms with Crippen LogP contribution in [0.4, 0.5) is 11.4 Å². The molecule has 1 N–H and O–H groups in total. The number of benzene rings is 1. The number of hydrogen-bond donors (Lipinski definition) is 1. The Kier molecular flexibility index (Phi) is 3.24. The first-order valence-corrected chi connectivity index (χ1v) is 7.49. The van der Waals surface area contributed by atoms with E-state index >= 15 is 0 Å². The van der Waals surface area contributed by atoms with E-state index in [0.29, 0.717) is 12.1 Å². The molecule has 1 aromatic carbocycles. The third-order valence-corrected chi connectivity index (χ3v) is 4.43. The van der Waals surface area contributed by atoms with Gasteiger partial charge >= 0.3 is 0 Å². The van der Waals surface area contributed by atoms with Crippen molar-refractivity contribution >= 4 is 27.3 Å². The first kappa shape index (κ1) is 12.3. The highest BCUT2D eigenvalue weighted by molar-refractivity contribution is 9.10. The van der Waals surface area contributed by atoms with E-state index in [2.05, 4.69) is 63.1 Å². The molecule has 0 radical (unpaired) electrons. The number of nitrogens with zero attached hydrogens (tertiary/aromatic N) is 2. The minimum Gasteiger partial charge on any atom is -0.365 e. The zero-order valence-electron chi connectivity index (χ0n) is 11.0. The molecule has 3 nitrogen and oxygen atoms in total. The van der Waals surface area contributed by atoms with Crippen molar-refractivity contribution in [1.29, 1.82) is 0 Å². The zero-order chi connectivity index (χ0) is 12.7. The summed E-state index contributed by atoms with van der Waals surface area (Å²) in [5, 5.41) is 3.51. The van der Waals surface area contributed by atoms with E-state index in [1.54, 1.807) is 0 Å². The van der Waals surface area contributed by atoms with Crippen LogP contribution >= 0.6 is 15.9 Å². The fourth-order valence-electron chi connectivity index (χ4n) is 3.03. The first-order chi connectivity index (χ1) is 8.66. The van der Waals surface area contributed by atoms with Crippen LogP contribution in [0.5, 0.6) is 0 Å². The number of piperazine rings is 1. The molecule has 18 heavy (non-hydrogen) atoms. The largest absolute Gasteiger partial charge is 0.365 e. The van der Waals surface area contributed by atoms with E-state index in [-0.39, 0.29) is 0 Å². The molecule has 0 spiro atoms. The molecule has 1 fully saturated rings. The van der Waals surface area contributed by atoms with Crippen molar-refractivity contribution in [3.63, 3.8) is 0 Å². The number of halogens is 1. The van der Waals surface area contributed by atoms with Crippen LogP contribution in [0, 0.1) is 0 Å². The van der Waals surface area contributed by atoms with Crippen LogP contribution in [-0.2, 0) is 0 Å². The molecule has 4 heteroatoms. The van der Waals surface area contributed by atoms with Gasteiger partial charge in [0.1, 0.15) is 0 Å². The number of fused-ring (bicyclic) bond motifs is 3. The van der Waals surface area contributed by atoms with Crippen LogP contribution in [0.3, 0.4) is 0 Å². The van der Waals surface area contributed by atoms with Gasteiger partial charge in [-0.3, -0.25) is 0 Å². The predicted molar refractivity (Wildman–Crippen MR) is 80.6 cm³/mol. The Bertz CT molecular complexity index is 447. The summed E-state index contributed by atoms with van der Waals surface area (Å²) in [4.78, 5) is 5.09. The number of nitrogens with one attached hydrogen (secondary N) is 1. The molecule has 2 heterocycles. The van der Waals surface area contributed by atoms with Crippen molar-refractivity contribution in [2.24, 2.45) is 0 Å². The molecule has 1 aromatic rings. The molecule has 0 saturated carbocycles. The van der Waals surface area contributed by atoms with Gasteiger partial charge < -0.3 is 15.1 Å². The Labute approximate surface area is 117 Å². The van der Waals surface area contributed by atoms with Crippen LogP contribution in [0.15, 0.2) is 22.7 Å². The minimum absolute atomic E-state index is 0.544. The van der Waals surface area contributed by atoms with Gasteiger partial charge in [0.25, 0.3) is 0 Å². The van der Waals surface area contributed by atoms with E-state index in [1.165, 1.54) is 15.8 Å². The summed E-state index contributed by atoms with van der Waals surface area (Å²) in [6.45, 7) is 8.97. The van der Waals surface area contributed by atoms with E-state index in [1.807, 2.05) is 0 Å². The molecule has 1 atom stereocenters. The summed E-state index contributed by atoms with van der Waals surface area (Å²) in [6, 6.07) is 7.82. The Hall–Kier alpha value is -0.740. The third kappa shape index (κ3) is 2.01. The van der Waals surface area contributed by atoms with Crippen LogP contribution < -0.4 is 15.1 Å². The Balaban J connectivity index is 2.05. The second kappa shape index (κ2) is 4.74. The van der Waals surface area contributed by atoms with Crippen molar-refractivity contribution in [3.05, 3.63) is 22.7 Å². The fourth-order valence-corrected chi connectivity index (χ4v) is 3.37. The van der Waals surface area contributed by atoms with Gasteiger partial charge in [0, 0.05) is 36.7 Å². The van der Waals surface area contributed by atoms with E-state index in [4.69, 9.17) is 0 Å². The average Bonchev–Trinajstić information content (AvgIpc) is 2.37. The molecule has 1 unspecified atom stereocenters. The second-order valence-corrected chi connectivity index (χ2v) is 6.35. The maximum Gasteiger partial charge on any atom is 0.0618 e. The summed E-state index contributed by atoms with van der Waals surface area (Å²) in [5.74, 6) is 0. The van der Waals surface area contributed by atoms with Crippen molar-refractivity contribution in [1.82, 2.24) is 5.32 Å². The second-order valence-electron chi connectivity index (χ2n) is 5.43. The number of anilines is 2. The molecule has 0 amide bonds. The van der Waals surface area contributed by atoms with Crippen LogP contribution in [0.2, 0.25) is 0 Å². The Morgan fingerprint density at radius 3 is 2.94 bits per heavy atom. The molecular formula is C14H20BrN3. The van der Waals surface area contributed by atoms with Crippen molar-refractivity contribution < 1.29 is 0 Å². The van der Waals surface area contributed by atoms with Gasteiger partial charge in [-0.2, -0.15) is 0 Å². The van der Waals surface area contributed by atoms with Crippen LogP contribution in [0.25, 0.3) is 0 Å². The highest BCUT2D eigenvalue weighted by Crippen LogP contribution is 2.38. The third-order valence-electron chi connectivity index (χ3n) is 3.94. The lowest BCUT2D eigenvalue weighted by molar-refractivity contribution is 0.448. The molecule has 2 aliphatic rings. The van der Waals surface area contributed by atoms with Crippen LogP contribution in [-0.4, -0.2) is 38.3 Å². The van der Waals surface area contributed by atoms with Crippen molar-refractivity contribution in [3.8, 4) is 0 Å². The maximum atomic E-state index is 3.60. The lowest BCUT2D eigenvalue weighted by Gasteiger charge is -2.48. The summed E-state index contributed by atoms with van der Waals surface area (Å²) in [6.07, 6.45) is 0. The highest BCUT2D eigenvalue weighted by atomic mass is 79.9. The lowest BCUT2D eigenvalue weighted by atomic mass is 10.0. The topological polar surface area (TPSA) is 18.5 Å². The van der Waals surface area contributed by atoms with Gasteiger partial charge in [-0.05, 0) is 32.0 Å². The molecule has 0 aromatic heterocycles. The summed E-state index contributed by atoms with van der Waals surface area (Å²) in [7, 11) is 0. The zero-order valence-corrected chi connectivity index (χ0v) is 12.6. The van der Waals surface area contributed by atoms with Gasteiger partial charge in [0.05, 0.1) is 17.4 Å². The maximum absolute atomic E-state index is 3.60. The SMILES string of the molecule is CC(C)N1CC2CNCCN2c2ccc(Br)cc21. The smallest absolute Gasteiger partial charge is 0.0618 e. The highest BCUT2D eigenvalue weighted by Gasteiger charge is 2.33. The van der Waals surface area contributed by atoms with Gasteiger partial charge in [-0.15, -0.1) is 0 Å². The molecule has 0 bridgehead atoms. The lowest BCUT2D eigenvalue weighted by Crippen LogP contribution is -2.59. The molecule has 1 saturated heterocycles. The fraction of sp³-hybridized carbons (Fsp3) is 0.571. The predicted octanol–water partition coefficient (Wildman–Crippen LogP) is 2.46. The van der Waals surface area contributed by atoms with Crippen molar-refractivity contribution in [2.45, 2.75) is 25.9 Å². The molecule has 2 aliphatic heterocycles. The van der Waals surface area contributed by atoms with E-state index in [0.717, 1.165) is 26.2 Å². The minimum atomic E-state index is 0.544. The van der Waals surface area contributed by atoms with Crippen LogP contribution in [0.1, 0.15) is 13.8 Å². The molecule has 98 valence electrons. The molecular weight excluding hydrogens is 290 g/mol. The van der Waals surface area contributed by atoms with Gasteiger partial charge in [-0.1, -0.05) is 15.9 Å². The number of hydrogen-bond acceptors (Lipinski definition) is 3. The number of rotatable bonds is 1. The van der Waals surface area contributed by atoms with E-state index in [9.17, 15) is 0 Å². The summed E-state index contributed by atoms with van der Waals surface area (Å²) in [5.41, 5.74) is 2.77. The molecule has 0 aliphatic carbocycles. The van der Waals surface area contributed by atoms with Gasteiger partial charge in [-0.25, -0.2) is 0 Å². The normalized spacial score (nSPS) is 23.0. The Morgan fingerprint density at radius 1 is 1.33 bits per heavy atom. The first-order valence-electron chi connectivity index (χ1n) is 6.70. The standard InChI is InChI=1S/C14H20BrN3/c1-10(2)18-9-12-8-16-5-6-17(12)13-4-3-11(15)7-14(13)18/h3-4,7,10,12,16H,5-6,8-9H2,1-2H3. The van der Waals surface area contributed by atoms with Gasteiger partial charge in [0.2, 0.25) is 0 Å². The summed E-state index contributed by atoms with van der Waals surface area (Å²) >= 11 is 3.60.